The fourth-order valence-electron chi connectivity index (χ4n) is 3.20. The van der Waals surface area contributed by atoms with Gasteiger partial charge in [0, 0.05) is 11.6 Å². The lowest BCUT2D eigenvalue weighted by Crippen LogP contribution is -2.52. The van der Waals surface area contributed by atoms with Gasteiger partial charge in [-0.05, 0) is 49.7 Å². The molecule has 2 aromatic rings. The Hall–Kier alpha value is -3.42. The van der Waals surface area contributed by atoms with Gasteiger partial charge in [0.1, 0.15) is 11.5 Å². The molecule has 0 bridgehead atoms. The summed E-state index contributed by atoms with van der Waals surface area (Å²) in [6, 6.07) is 10.9. The van der Waals surface area contributed by atoms with Crippen LogP contribution in [0.2, 0.25) is 0 Å². The number of hydrogen-bond donors (Lipinski definition) is 0. The van der Waals surface area contributed by atoms with Gasteiger partial charge in [0.2, 0.25) is 12.4 Å². The van der Waals surface area contributed by atoms with E-state index in [0.717, 1.165) is 5.56 Å². The summed E-state index contributed by atoms with van der Waals surface area (Å²) < 4.78 is 21.5. The molecule has 2 aromatic carbocycles. The van der Waals surface area contributed by atoms with E-state index in [1.807, 2.05) is 18.2 Å². The Bertz CT molecular complexity index is 963. The summed E-state index contributed by atoms with van der Waals surface area (Å²) in [7, 11) is 3.17. The minimum absolute atomic E-state index is 0.168. The highest BCUT2D eigenvalue weighted by Crippen LogP contribution is 2.34. The minimum atomic E-state index is -1.08. The van der Waals surface area contributed by atoms with Gasteiger partial charge in [-0.2, -0.15) is 0 Å². The highest BCUT2D eigenvalue weighted by Gasteiger charge is 2.41. The fraction of sp³-hybridized carbons (Fsp3) is 0.333. The van der Waals surface area contributed by atoms with Crippen molar-refractivity contribution in [3.05, 3.63) is 47.5 Å². The second-order valence-electron chi connectivity index (χ2n) is 7.20. The highest BCUT2D eigenvalue weighted by molar-refractivity contribution is 6.10. The lowest BCUT2D eigenvalue weighted by molar-refractivity contribution is -0.154. The zero-order valence-electron chi connectivity index (χ0n) is 16.7. The smallest absolute Gasteiger partial charge is 0.275 e. The average Bonchev–Trinajstić information content (AvgIpc) is 3.19. The van der Waals surface area contributed by atoms with Crippen LogP contribution in [0.1, 0.15) is 25.0 Å². The van der Waals surface area contributed by atoms with Gasteiger partial charge >= 0.3 is 0 Å². The molecule has 0 N–H and O–H groups in total. The lowest BCUT2D eigenvalue weighted by atomic mass is 10.0. The molecule has 0 spiro atoms. The van der Waals surface area contributed by atoms with Crippen LogP contribution in [0.5, 0.6) is 23.0 Å². The van der Waals surface area contributed by atoms with Gasteiger partial charge in [-0.25, -0.2) is 0 Å². The molecule has 0 unspecified atom stereocenters. The Labute approximate surface area is 168 Å². The van der Waals surface area contributed by atoms with E-state index in [0.29, 0.717) is 34.4 Å². The normalized spacial score (nSPS) is 16.9. The van der Waals surface area contributed by atoms with E-state index >= 15 is 0 Å². The summed E-state index contributed by atoms with van der Waals surface area (Å²) in [5.74, 6) is 2.73. The maximum absolute atomic E-state index is 13.2. The van der Waals surface area contributed by atoms with Crippen molar-refractivity contribution in [3.8, 4) is 23.0 Å². The zero-order chi connectivity index (χ0) is 20.6. The van der Waals surface area contributed by atoms with Gasteiger partial charge < -0.3 is 23.8 Å². The maximum atomic E-state index is 13.2. The van der Waals surface area contributed by atoms with Crippen LogP contribution in [0.4, 0.5) is 0 Å². The first kappa shape index (κ1) is 18.9. The van der Waals surface area contributed by atoms with Crippen LogP contribution < -0.4 is 18.9 Å². The number of ether oxygens (including phenoxy) is 4. The molecule has 2 aliphatic heterocycles. The van der Waals surface area contributed by atoms with Crippen LogP contribution in [-0.4, -0.2) is 43.3 Å². The summed E-state index contributed by atoms with van der Waals surface area (Å²) in [5.41, 5.74) is 0.441. The van der Waals surface area contributed by atoms with Gasteiger partial charge in [-0.1, -0.05) is 5.16 Å². The Kier molecular flexibility index (Phi) is 4.70. The molecular weight excluding hydrogens is 376 g/mol. The highest BCUT2D eigenvalue weighted by atomic mass is 16.7. The summed E-state index contributed by atoms with van der Waals surface area (Å²) in [4.78, 5) is 20.3. The molecular formula is C21H22N2O6. The number of amidine groups is 1. The third-order valence-electron chi connectivity index (χ3n) is 4.76. The van der Waals surface area contributed by atoms with Gasteiger partial charge in [-0.3, -0.25) is 9.69 Å². The fourth-order valence-corrected chi connectivity index (χ4v) is 3.20. The number of hydrogen-bond acceptors (Lipinski definition) is 7. The van der Waals surface area contributed by atoms with E-state index in [4.69, 9.17) is 23.8 Å². The summed E-state index contributed by atoms with van der Waals surface area (Å²) in [6.45, 7) is 3.82. The van der Waals surface area contributed by atoms with Crippen LogP contribution in [0.15, 0.2) is 41.6 Å². The Morgan fingerprint density at radius 3 is 2.41 bits per heavy atom. The molecule has 8 heteroatoms. The predicted octanol–water partition coefficient (Wildman–Crippen LogP) is 2.93. The van der Waals surface area contributed by atoms with Crippen molar-refractivity contribution in [1.82, 2.24) is 4.90 Å². The number of methoxy groups -OCH3 is 2. The first-order valence-electron chi connectivity index (χ1n) is 9.11. The number of amides is 1. The van der Waals surface area contributed by atoms with Crippen LogP contribution in [0.3, 0.4) is 0 Å². The van der Waals surface area contributed by atoms with E-state index in [1.165, 1.54) is 0 Å². The molecule has 4 rings (SSSR count). The van der Waals surface area contributed by atoms with Crippen molar-refractivity contribution in [3.63, 3.8) is 0 Å². The third kappa shape index (κ3) is 3.53. The number of carbonyl (C=O) groups is 1. The van der Waals surface area contributed by atoms with Crippen molar-refractivity contribution >= 4 is 11.7 Å². The Balaban J connectivity index is 1.73. The van der Waals surface area contributed by atoms with E-state index in [1.54, 1.807) is 51.2 Å². The van der Waals surface area contributed by atoms with E-state index in [2.05, 4.69) is 5.16 Å². The third-order valence-corrected chi connectivity index (χ3v) is 4.76. The zero-order valence-corrected chi connectivity index (χ0v) is 16.7. The van der Waals surface area contributed by atoms with Crippen molar-refractivity contribution in [2.75, 3.05) is 21.0 Å². The van der Waals surface area contributed by atoms with Gasteiger partial charge in [0.15, 0.2) is 17.3 Å². The van der Waals surface area contributed by atoms with Gasteiger partial charge in [-0.15, -0.1) is 0 Å². The van der Waals surface area contributed by atoms with Crippen molar-refractivity contribution < 1.29 is 28.6 Å². The molecule has 29 heavy (non-hydrogen) atoms. The maximum Gasteiger partial charge on any atom is 0.275 e. The van der Waals surface area contributed by atoms with Gasteiger partial charge in [0.25, 0.3) is 5.91 Å². The molecule has 1 amide bonds. The Morgan fingerprint density at radius 2 is 1.72 bits per heavy atom. The summed E-state index contributed by atoms with van der Waals surface area (Å²) in [6.07, 6.45) is 0. The standard InChI is InChI=1S/C21H22N2O6/c1-21(2)20(24)23(11-13-7-15(25-3)10-16(8-13)26-4)19(22-29-21)14-5-6-17-18(9-14)28-12-27-17/h5-10H,11-12H2,1-4H3. The molecule has 0 saturated carbocycles. The van der Waals surface area contributed by atoms with Crippen LogP contribution >= 0.6 is 0 Å². The molecule has 8 nitrogen and oxygen atoms in total. The minimum Gasteiger partial charge on any atom is -0.497 e. The van der Waals surface area contributed by atoms with E-state index in [9.17, 15) is 4.79 Å². The van der Waals surface area contributed by atoms with Crippen LogP contribution in [-0.2, 0) is 16.2 Å². The van der Waals surface area contributed by atoms with Crippen LogP contribution in [0.25, 0.3) is 0 Å². The molecule has 0 aromatic heterocycles. The van der Waals surface area contributed by atoms with Crippen molar-refractivity contribution in [1.29, 1.82) is 0 Å². The number of fused-ring (bicyclic) bond motifs is 1. The molecule has 152 valence electrons. The van der Waals surface area contributed by atoms with E-state index < -0.39 is 5.60 Å². The second kappa shape index (κ2) is 7.20. The van der Waals surface area contributed by atoms with Crippen molar-refractivity contribution in [2.24, 2.45) is 5.16 Å². The molecule has 0 saturated heterocycles. The summed E-state index contributed by atoms with van der Waals surface area (Å²) >= 11 is 0. The molecule has 0 aliphatic carbocycles. The number of carbonyl (C=O) groups excluding carboxylic acids is 1. The topological polar surface area (TPSA) is 78.8 Å². The SMILES string of the molecule is COc1cc(CN2C(=O)C(C)(C)ON=C2c2ccc3c(c2)OCO3)cc(OC)c1. The molecule has 2 heterocycles. The van der Waals surface area contributed by atoms with Crippen LogP contribution in [0, 0.1) is 0 Å². The average molecular weight is 398 g/mol. The van der Waals surface area contributed by atoms with Crippen molar-refractivity contribution in [2.45, 2.75) is 26.0 Å². The second-order valence-corrected chi connectivity index (χ2v) is 7.20. The van der Waals surface area contributed by atoms with Gasteiger partial charge in [0.05, 0.1) is 20.8 Å². The molecule has 0 fully saturated rings. The lowest BCUT2D eigenvalue weighted by Gasteiger charge is -2.35. The quantitative estimate of drug-likeness (QED) is 0.771. The number of oxime groups is 1. The number of nitrogens with zero attached hydrogens (tertiary/aromatic N) is 2. The largest absolute Gasteiger partial charge is 0.497 e. The molecule has 0 radical (unpaired) electrons. The monoisotopic (exact) mass is 398 g/mol. The Morgan fingerprint density at radius 1 is 1.03 bits per heavy atom. The number of benzene rings is 2. The molecule has 0 atom stereocenters. The first-order chi connectivity index (χ1) is 13.9. The predicted molar refractivity (Wildman–Crippen MR) is 104 cm³/mol. The summed E-state index contributed by atoms with van der Waals surface area (Å²) in [5, 5.41) is 4.25. The number of rotatable bonds is 5. The first-order valence-corrected chi connectivity index (χ1v) is 9.11. The van der Waals surface area contributed by atoms with E-state index in [-0.39, 0.29) is 19.2 Å². The molecule has 2 aliphatic rings.